The molecule has 1 aromatic carbocycles. The molecule has 0 spiro atoms. The average Bonchev–Trinajstić information content (AvgIpc) is 2.70. The zero-order valence-corrected chi connectivity index (χ0v) is 11.7. The summed E-state index contributed by atoms with van der Waals surface area (Å²) >= 11 is 0. The van der Waals surface area contributed by atoms with Gasteiger partial charge in [0.05, 0.1) is 0 Å². The first-order valence-corrected chi connectivity index (χ1v) is 6.31. The summed E-state index contributed by atoms with van der Waals surface area (Å²) in [4.78, 5) is 23.7. The zero-order chi connectivity index (χ0) is 14.7. The Morgan fingerprint density at radius 1 is 0.950 bits per heavy atom. The van der Waals surface area contributed by atoms with Crippen LogP contribution in [0.1, 0.15) is 17.0 Å². The fourth-order valence-electron chi connectivity index (χ4n) is 1.91. The molecule has 0 fully saturated rings. The number of carbonyl (C=O) groups is 2. The van der Waals surface area contributed by atoms with Crippen molar-refractivity contribution in [1.82, 2.24) is 4.68 Å². The van der Waals surface area contributed by atoms with Gasteiger partial charge < -0.3 is 5.32 Å². The third-order valence-corrected chi connectivity index (χ3v) is 2.97. The lowest BCUT2D eigenvalue weighted by Gasteiger charge is -2.11. The van der Waals surface area contributed by atoms with Gasteiger partial charge in [0.15, 0.2) is 0 Å². The molecule has 0 aliphatic rings. The number of rotatable bonds is 2. The molecule has 0 unspecified atom stereocenters. The van der Waals surface area contributed by atoms with Crippen molar-refractivity contribution in [2.45, 2.75) is 20.8 Å². The Morgan fingerprint density at radius 2 is 1.60 bits per heavy atom. The minimum Gasteiger partial charge on any atom is -0.318 e. The molecular formula is C15H17N3O2. The number of aryl methyl sites for hydroxylation is 3. The highest BCUT2D eigenvalue weighted by atomic mass is 16.2. The van der Waals surface area contributed by atoms with Gasteiger partial charge in [0.1, 0.15) is 0 Å². The summed E-state index contributed by atoms with van der Waals surface area (Å²) in [6.45, 7) is 5.62. The minimum absolute atomic E-state index is 0.603. The van der Waals surface area contributed by atoms with Gasteiger partial charge in [0, 0.05) is 17.1 Å². The molecule has 1 aromatic heterocycles. The van der Waals surface area contributed by atoms with Gasteiger partial charge in [-0.05, 0) is 50.6 Å². The monoisotopic (exact) mass is 271 g/mol. The van der Waals surface area contributed by atoms with Crippen LogP contribution in [0, 0.1) is 20.8 Å². The number of anilines is 1. The molecule has 0 aliphatic carbocycles. The summed E-state index contributed by atoms with van der Waals surface area (Å²) < 4.78 is 1.58. The summed E-state index contributed by atoms with van der Waals surface area (Å²) in [5, 5.41) is 2.57. The van der Waals surface area contributed by atoms with E-state index in [2.05, 4.69) is 10.7 Å². The van der Waals surface area contributed by atoms with Crippen LogP contribution in [-0.4, -0.2) is 16.5 Å². The Hall–Kier alpha value is -2.56. The first kappa shape index (κ1) is 13.9. The van der Waals surface area contributed by atoms with E-state index in [1.165, 1.54) is 0 Å². The second-order valence-electron chi connectivity index (χ2n) is 4.72. The Bertz CT molecular complexity index is 639. The molecule has 104 valence electrons. The van der Waals surface area contributed by atoms with E-state index in [9.17, 15) is 9.59 Å². The van der Waals surface area contributed by atoms with Crippen molar-refractivity contribution in [1.29, 1.82) is 0 Å². The Balaban J connectivity index is 2.05. The summed E-state index contributed by atoms with van der Waals surface area (Å²) in [5.41, 5.74) is 5.90. The van der Waals surface area contributed by atoms with Crippen molar-refractivity contribution in [2.24, 2.45) is 0 Å². The molecule has 0 atom stereocenters. The topological polar surface area (TPSA) is 63.1 Å². The molecule has 20 heavy (non-hydrogen) atoms. The number of hydrogen-bond donors (Lipinski definition) is 2. The number of benzene rings is 1. The van der Waals surface area contributed by atoms with Crippen LogP contribution < -0.4 is 10.7 Å². The highest BCUT2D eigenvalue weighted by Gasteiger charge is 2.15. The molecule has 2 N–H and O–H groups in total. The van der Waals surface area contributed by atoms with Gasteiger partial charge in [-0.2, -0.15) is 0 Å². The minimum atomic E-state index is -0.700. The van der Waals surface area contributed by atoms with E-state index in [1.807, 2.05) is 45.0 Å². The number of carbonyl (C=O) groups excluding carboxylic acids is 2. The van der Waals surface area contributed by atoms with E-state index < -0.39 is 11.8 Å². The second-order valence-corrected chi connectivity index (χ2v) is 4.72. The quantitative estimate of drug-likeness (QED) is 0.822. The van der Waals surface area contributed by atoms with Gasteiger partial charge in [-0.3, -0.25) is 19.7 Å². The predicted molar refractivity (Wildman–Crippen MR) is 78.1 cm³/mol. The molecule has 2 amide bonds. The van der Waals surface area contributed by atoms with Crippen molar-refractivity contribution in [3.63, 3.8) is 0 Å². The predicted octanol–water partition coefficient (Wildman–Crippen LogP) is 2.12. The summed E-state index contributed by atoms with van der Waals surface area (Å²) in [6, 6.07) is 11.0. The van der Waals surface area contributed by atoms with Crippen LogP contribution >= 0.6 is 0 Å². The van der Waals surface area contributed by atoms with Crippen LogP contribution in [-0.2, 0) is 9.59 Å². The fraction of sp³-hybridized carbons (Fsp3) is 0.200. The first-order chi connectivity index (χ1) is 9.47. The second kappa shape index (κ2) is 5.61. The lowest BCUT2D eigenvalue weighted by molar-refractivity contribution is -0.133. The Kier molecular flexibility index (Phi) is 3.89. The maximum Gasteiger partial charge on any atom is 0.328 e. The van der Waals surface area contributed by atoms with E-state index in [-0.39, 0.29) is 0 Å². The first-order valence-electron chi connectivity index (χ1n) is 6.31. The maximum atomic E-state index is 11.9. The van der Waals surface area contributed by atoms with Crippen molar-refractivity contribution >= 4 is 17.5 Å². The van der Waals surface area contributed by atoms with E-state index in [4.69, 9.17) is 0 Å². The van der Waals surface area contributed by atoms with Gasteiger partial charge in [0.25, 0.3) is 0 Å². The van der Waals surface area contributed by atoms with Crippen LogP contribution in [0.25, 0.3) is 0 Å². The van der Waals surface area contributed by atoms with Gasteiger partial charge >= 0.3 is 11.8 Å². The molecular weight excluding hydrogens is 254 g/mol. The molecule has 0 saturated heterocycles. The van der Waals surface area contributed by atoms with Gasteiger partial charge in [0.2, 0.25) is 0 Å². The SMILES string of the molecule is Cc1cccc(NC(=O)C(=O)Nn2c(C)ccc2C)c1. The van der Waals surface area contributed by atoms with Crippen molar-refractivity contribution in [3.8, 4) is 0 Å². The Labute approximate surface area is 117 Å². The lowest BCUT2D eigenvalue weighted by atomic mass is 10.2. The number of aromatic nitrogens is 1. The zero-order valence-electron chi connectivity index (χ0n) is 11.7. The molecule has 5 nitrogen and oxygen atoms in total. The van der Waals surface area contributed by atoms with Gasteiger partial charge in [-0.1, -0.05) is 12.1 Å². The standard InChI is InChI=1S/C15H17N3O2/c1-10-5-4-6-13(9-10)16-14(19)15(20)17-18-11(2)7-8-12(18)3/h4-9H,1-3H3,(H,16,19)(H,17,20). The molecule has 2 rings (SSSR count). The van der Waals surface area contributed by atoms with Crippen LogP contribution in [0.15, 0.2) is 36.4 Å². The van der Waals surface area contributed by atoms with E-state index >= 15 is 0 Å². The molecule has 1 heterocycles. The van der Waals surface area contributed by atoms with E-state index in [0.29, 0.717) is 5.69 Å². The smallest absolute Gasteiger partial charge is 0.318 e. The number of hydrogen-bond acceptors (Lipinski definition) is 2. The number of nitrogens with one attached hydrogen (secondary N) is 2. The highest BCUT2D eigenvalue weighted by Crippen LogP contribution is 2.09. The molecule has 5 heteroatoms. The molecule has 0 aliphatic heterocycles. The van der Waals surface area contributed by atoms with Crippen molar-refractivity contribution < 1.29 is 9.59 Å². The molecule has 0 radical (unpaired) electrons. The summed E-state index contributed by atoms with van der Waals surface area (Å²) in [5.74, 6) is -1.39. The van der Waals surface area contributed by atoms with Crippen molar-refractivity contribution in [3.05, 3.63) is 53.3 Å². The van der Waals surface area contributed by atoms with Crippen LogP contribution in [0.2, 0.25) is 0 Å². The van der Waals surface area contributed by atoms with Gasteiger partial charge in [-0.25, -0.2) is 0 Å². The third kappa shape index (κ3) is 3.06. The fourth-order valence-corrected chi connectivity index (χ4v) is 1.91. The summed E-state index contributed by atoms with van der Waals surface area (Å²) in [7, 11) is 0. The number of nitrogens with zero attached hydrogens (tertiary/aromatic N) is 1. The average molecular weight is 271 g/mol. The third-order valence-electron chi connectivity index (χ3n) is 2.97. The highest BCUT2D eigenvalue weighted by molar-refractivity contribution is 6.42. The molecule has 0 saturated carbocycles. The maximum absolute atomic E-state index is 11.9. The van der Waals surface area contributed by atoms with Crippen molar-refractivity contribution in [2.75, 3.05) is 10.7 Å². The largest absolute Gasteiger partial charge is 0.328 e. The normalized spacial score (nSPS) is 10.2. The number of amides is 2. The molecule has 2 aromatic rings. The lowest BCUT2D eigenvalue weighted by Crippen LogP contribution is -2.35. The van der Waals surface area contributed by atoms with Crippen LogP contribution in [0.3, 0.4) is 0 Å². The summed E-state index contributed by atoms with van der Waals surface area (Å²) in [6.07, 6.45) is 0. The van der Waals surface area contributed by atoms with E-state index in [0.717, 1.165) is 17.0 Å². The van der Waals surface area contributed by atoms with Crippen LogP contribution in [0.5, 0.6) is 0 Å². The Morgan fingerprint density at radius 3 is 2.20 bits per heavy atom. The molecule has 0 bridgehead atoms. The van der Waals surface area contributed by atoms with E-state index in [1.54, 1.807) is 16.8 Å². The van der Waals surface area contributed by atoms with Crippen LogP contribution in [0.4, 0.5) is 5.69 Å². The van der Waals surface area contributed by atoms with Gasteiger partial charge in [-0.15, -0.1) is 0 Å².